The van der Waals surface area contributed by atoms with Gasteiger partial charge in [-0.15, -0.1) is 0 Å². The van der Waals surface area contributed by atoms with Crippen LogP contribution in [0.25, 0.3) is 0 Å². The van der Waals surface area contributed by atoms with E-state index in [1.807, 2.05) is 14.0 Å². The summed E-state index contributed by atoms with van der Waals surface area (Å²) in [6.45, 7) is 3.41. The summed E-state index contributed by atoms with van der Waals surface area (Å²) >= 11 is 3.22. The first kappa shape index (κ1) is 13.9. The van der Waals surface area contributed by atoms with Crippen LogP contribution in [0.5, 0.6) is 5.75 Å². The van der Waals surface area contributed by atoms with E-state index in [1.165, 1.54) is 12.1 Å². The molecular formula is C11H15BrN2O3. The number of benzene rings is 1. The van der Waals surface area contributed by atoms with Crippen molar-refractivity contribution in [3.8, 4) is 5.75 Å². The molecule has 0 aromatic heterocycles. The lowest BCUT2D eigenvalue weighted by molar-refractivity contribution is -0.385. The molecular weight excluding hydrogens is 288 g/mol. The highest BCUT2D eigenvalue weighted by Gasteiger charge is 2.10. The molecule has 0 aliphatic rings. The number of ether oxygens (including phenoxy) is 1. The van der Waals surface area contributed by atoms with Crippen molar-refractivity contribution in [1.82, 2.24) is 5.32 Å². The van der Waals surface area contributed by atoms with E-state index >= 15 is 0 Å². The molecule has 0 aliphatic heterocycles. The lowest BCUT2D eigenvalue weighted by atomic mass is 10.2. The Balaban J connectivity index is 2.68. The van der Waals surface area contributed by atoms with E-state index in [0.29, 0.717) is 22.7 Å². The van der Waals surface area contributed by atoms with E-state index < -0.39 is 4.92 Å². The van der Waals surface area contributed by atoms with Crippen molar-refractivity contribution in [2.24, 2.45) is 5.92 Å². The normalized spacial score (nSPS) is 12.2. The summed E-state index contributed by atoms with van der Waals surface area (Å²) < 4.78 is 6.16. The van der Waals surface area contributed by atoms with E-state index in [-0.39, 0.29) is 5.69 Å². The molecule has 0 saturated carbocycles. The highest BCUT2D eigenvalue weighted by Crippen LogP contribution is 2.26. The highest BCUT2D eigenvalue weighted by atomic mass is 79.9. The van der Waals surface area contributed by atoms with Crippen molar-refractivity contribution >= 4 is 21.6 Å². The molecule has 0 heterocycles. The zero-order valence-electron chi connectivity index (χ0n) is 9.77. The second-order valence-corrected chi connectivity index (χ2v) is 4.79. The van der Waals surface area contributed by atoms with Gasteiger partial charge in [0.1, 0.15) is 5.75 Å². The van der Waals surface area contributed by atoms with Gasteiger partial charge in [-0.2, -0.15) is 0 Å². The Bertz CT molecular complexity index is 398. The zero-order valence-corrected chi connectivity index (χ0v) is 11.4. The van der Waals surface area contributed by atoms with Gasteiger partial charge in [-0.25, -0.2) is 0 Å². The molecule has 6 heteroatoms. The van der Waals surface area contributed by atoms with Gasteiger partial charge < -0.3 is 10.1 Å². The lowest BCUT2D eigenvalue weighted by Gasteiger charge is -2.12. The first-order chi connectivity index (χ1) is 8.02. The number of non-ortho nitro benzene ring substituents is 1. The van der Waals surface area contributed by atoms with Crippen LogP contribution < -0.4 is 10.1 Å². The third-order valence-corrected chi connectivity index (χ3v) is 2.61. The maximum atomic E-state index is 10.7. The van der Waals surface area contributed by atoms with E-state index in [9.17, 15) is 10.1 Å². The molecule has 1 N–H and O–H groups in total. The minimum Gasteiger partial charge on any atom is -0.493 e. The third-order valence-electron chi connectivity index (χ3n) is 2.15. The molecule has 0 aliphatic carbocycles. The van der Waals surface area contributed by atoms with E-state index in [0.717, 1.165) is 6.54 Å². The summed E-state index contributed by atoms with van der Waals surface area (Å²) in [5.74, 6) is 0.854. The number of rotatable bonds is 6. The van der Waals surface area contributed by atoms with E-state index in [1.54, 1.807) is 6.07 Å². The summed E-state index contributed by atoms with van der Waals surface area (Å²) in [4.78, 5) is 10.2. The number of hydrogen-bond donors (Lipinski definition) is 1. The van der Waals surface area contributed by atoms with Crippen LogP contribution in [-0.4, -0.2) is 25.1 Å². The molecule has 94 valence electrons. The van der Waals surface area contributed by atoms with Crippen molar-refractivity contribution in [2.75, 3.05) is 20.2 Å². The van der Waals surface area contributed by atoms with Crippen LogP contribution in [0.4, 0.5) is 5.69 Å². The molecule has 0 spiro atoms. The Morgan fingerprint density at radius 3 is 2.82 bits per heavy atom. The minimum absolute atomic E-state index is 0.0237. The number of hydrogen-bond acceptors (Lipinski definition) is 4. The summed E-state index contributed by atoms with van der Waals surface area (Å²) in [5.41, 5.74) is 0.0237. The van der Waals surface area contributed by atoms with Gasteiger partial charge in [-0.3, -0.25) is 10.1 Å². The molecule has 17 heavy (non-hydrogen) atoms. The second-order valence-electron chi connectivity index (χ2n) is 3.88. The summed E-state index contributed by atoms with van der Waals surface area (Å²) in [7, 11) is 1.88. The Morgan fingerprint density at radius 2 is 2.24 bits per heavy atom. The quantitative estimate of drug-likeness (QED) is 0.648. The van der Waals surface area contributed by atoms with Crippen LogP contribution in [0.1, 0.15) is 6.92 Å². The van der Waals surface area contributed by atoms with Crippen molar-refractivity contribution < 1.29 is 9.66 Å². The number of nitrogens with zero attached hydrogens (tertiary/aromatic N) is 1. The topological polar surface area (TPSA) is 64.4 Å². The lowest BCUT2D eigenvalue weighted by Crippen LogP contribution is -2.21. The molecule has 1 unspecified atom stereocenters. The van der Waals surface area contributed by atoms with Gasteiger partial charge in [-0.1, -0.05) is 22.9 Å². The van der Waals surface area contributed by atoms with Crippen molar-refractivity contribution in [2.45, 2.75) is 6.92 Å². The summed E-state index contributed by atoms with van der Waals surface area (Å²) in [6, 6.07) is 4.60. The van der Waals surface area contributed by atoms with Gasteiger partial charge in [0.2, 0.25) is 0 Å². The Labute approximate surface area is 108 Å². The van der Waals surface area contributed by atoms with Gasteiger partial charge in [0.25, 0.3) is 5.69 Å². The summed E-state index contributed by atoms with van der Waals surface area (Å²) in [6.07, 6.45) is 0. The number of nitrogens with one attached hydrogen (secondary N) is 1. The molecule has 5 nitrogen and oxygen atoms in total. The van der Waals surface area contributed by atoms with Crippen LogP contribution in [0.3, 0.4) is 0 Å². The van der Waals surface area contributed by atoms with Gasteiger partial charge in [0.05, 0.1) is 17.6 Å². The molecule has 0 fully saturated rings. The fourth-order valence-corrected chi connectivity index (χ4v) is 1.84. The van der Waals surface area contributed by atoms with Crippen molar-refractivity contribution in [1.29, 1.82) is 0 Å². The monoisotopic (exact) mass is 302 g/mol. The third kappa shape index (κ3) is 4.70. The first-order valence-corrected chi connectivity index (χ1v) is 6.04. The zero-order chi connectivity index (χ0) is 12.8. The second kappa shape index (κ2) is 6.56. The predicted molar refractivity (Wildman–Crippen MR) is 69.4 cm³/mol. The molecule has 1 atom stereocenters. The van der Waals surface area contributed by atoms with Gasteiger partial charge in [-0.05, 0) is 13.1 Å². The van der Waals surface area contributed by atoms with E-state index in [2.05, 4.69) is 21.2 Å². The fraction of sp³-hybridized carbons (Fsp3) is 0.455. The van der Waals surface area contributed by atoms with E-state index in [4.69, 9.17) is 4.74 Å². The molecule has 0 amide bonds. The minimum atomic E-state index is -0.436. The van der Waals surface area contributed by atoms with Crippen LogP contribution >= 0.6 is 15.9 Å². The number of nitro groups is 1. The van der Waals surface area contributed by atoms with Crippen LogP contribution in [-0.2, 0) is 0 Å². The Kier molecular flexibility index (Phi) is 5.37. The molecule has 0 radical (unpaired) electrons. The molecule has 0 saturated heterocycles. The van der Waals surface area contributed by atoms with Crippen LogP contribution in [0.2, 0.25) is 0 Å². The Hall–Kier alpha value is -1.14. The molecule has 1 aromatic carbocycles. The smallest absolute Gasteiger partial charge is 0.274 e. The summed E-state index contributed by atoms with van der Waals surface area (Å²) in [5, 5.41) is 13.7. The van der Waals surface area contributed by atoms with Gasteiger partial charge in [0.15, 0.2) is 0 Å². The van der Waals surface area contributed by atoms with Gasteiger partial charge in [0, 0.05) is 23.0 Å². The number of nitro benzene ring substituents is 1. The van der Waals surface area contributed by atoms with Crippen LogP contribution in [0, 0.1) is 16.0 Å². The SMILES string of the molecule is CNCC(C)COc1cc(Br)cc([N+](=O)[O-])c1. The molecule has 1 rings (SSSR count). The van der Waals surface area contributed by atoms with Gasteiger partial charge >= 0.3 is 0 Å². The maximum Gasteiger partial charge on any atom is 0.274 e. The van der Waals surface area contributed by atoms with Crippen molar-refractivity contribution in [3.05, 3.63) is 32.8 Å². The Morgan fingerprint density at radius 1 is 1.53 bits per heavy atom. The van der Waals surface area contributed by atoms with Crippen molar-refractivity contribution in [3.63, 3.8) is 0 Å². The largest absolute Gasteiger partial charge is 0.493 e. The number of halogens is 1. The molecule has 0 bridgehead atoms. The fourth-order valence-electron chi connectivity index (χ4n) is 1.38. The van der Waals surface area contributed by atoms with Crippen LogP contribution in [0.15, 0.2) is 22.7 Å². The molecule has 1 aromatic rings. The maximum absolute atomic E-state index is 10.7. The average molecular weight is 303 g/mol. The average Bonchev–Trinajstić information content (AvgIpc) is 2.26. The first-order valence-electron chi connectivity index (χ1n) is 5.25. The predicted octanol–water partition coefficient (Wildman–Crippen LogP) is 2.59. The highest BCUT2D eigenvalue weighted by molar-refractivity contribution is 9.10. The standard InChI is InChI=1S/C11H15BrN2O3/c1-8(6-13-2)7-17-11-4-9(12)3-10(5-11)14(15)16/h3-5,8,13H,6-7H2,1-2H3.